The van der Waals surface area contributed by atoms with Crippen LogP contribution in [0.1, 0.15) is 26.3 Å². The van der Waals surface area contributed by atoms with E-state index in [-0.39, 0.29) is 5.11 Å². The molecule has 7 nitrogen and oxygen atoms in total. The van der Waals surface area contributed by atoms with E-state index in [4.69, 9.17) is 17.0 Å². The number of rotatable bonds is 5. The Bertz CT molecular complexity index is 980. The molecule has 0 unspecified atom stereocenters. The smallest absolute Gasteiger partial charge is 0.269 e. The third kappa shape index (κ3) is 6.12. The molecule has 0 radical (unpaired) electrons. The fourth-order valence-corrected chi connectivity index (χ4v) is 2.48. The van der Waals surface area contributed by atoms with Gasteiger partial charge in [-0.2, -0.15) is 0 Å². The van der Waals surface area contributed by atoms with Crippen LogP contribution < -0.4 is 20.9 Å². The third-order valence-corrected chi connectivity index (χ3v) is 4.03. The fourth-order valence-electron chi connectivity index (χ4n) is 2.34. The lowest BCUT2D eigenvalue weighted by molar-refractivity contribution is 0.0934. The number of carbonyl (C=O) groups excluding carboxylic acids is 2. The van der Waals surface area contributed by atoms with Crippen LogP contribution in [0.25, 0.3) is 0 Å². The number of nitrogens with zero attached hydrogens (tertiary/aromatic N) is 1. The van der Waals surface area contributed by atoms with Crippen molar-refractivity contribution in [2.24, 2.45) is 0 Å². The molecule has 0 aliphatic rings. The average Bonchev–Trinajstić information content (AvgIpc) is 2.77. The first-order chi connectivity index (χ1) is 14.1. The average molecular weight is 406 g/mol. The van der Waals surface area contributed by atoms with Crippen LogP contribution in [0.3, 0.4) is 0 Å². The van der Waals surface area contributed by atoms with Gasteiger partial charge in [-0.05, 0) is 54.2 Å². The highest BCUT2D eigenvalue weighted by atomic mass is 32.1. The number of benzene rings is 2. The first-order valence-electron chi connectivity index (χ1n) is 8.70. The Labute approximate surface area is 173 Å². The Morgan fingerprint density at radius 2 is 1.48 bits per heavy atom. The molecule has 0 saturated heterocycles. The zero-order valence-corrected chi connectivity index (χ0v) is 16.1. The predicted octanol–water partition coefficient (Wildman–Crippen LogP) is 2.61. The lowest BCUT2D eigenvalue weighted by atomic mass is 10.2. The summed E-state index contributed by atoms with van der Waals surface area (Å²) < 4.78 is 5.69. The molecule has 3 aromatic rings. The molecule has 1 heterocycles. The van der Waals surface area contributed by atoms with Crippen molar-refractivity contribution < 1.29 is 14.3 Å². The maximum absolute atomic E-state index is 12.3. The van der Waals surface area contributed by atoms with Crippen LogP contribution in [0.4, 0.5) is 0 Å². The molecule has 0 saturated carbocycles. The van der Waals surface area contributed by atoms with Crippen LogP contribution >= 0.6 is 12.2 Å². The molecule has 0 spiro atoms. The van der Waals surface area contributed by atoms with Crippen molar-refractivity contribution in [3.05, 3.63) is 95.8 Å². The lowest BCUT2D eigenvalue weighted by Crippen LogP contribution is -2.48. The van der Waals surface area contributed by atoms with Gasteiger partial charge in [0.2, 0.25) is 0 Å². The van der Waals surface area contributed by atoms with Crippen molar-refractivity contribution in [2.75, 3.05) is 0 Å². The molecule has 3 N–H and O–H groups in total. The topological polar surface area (TPSA) is 92.4 Å². The van der Waals surface area contributed by atoms with E-state index in [0.717, 1.165) is 5.56 Å². The summed E-state index contributed by atoms with van der Waals surface area (Å²) in [6.07, 6.45) is 3.00. The van der Waals surface area contributed by atoms with Crippen LogP contribution in [0, 0.1) is 0 Å². The van der Waals surface area contributed by atoms with Gasteiger partial charge in [-0.25, -0.2) is 0 Å². The number of hydrogen-bond donors (Lipinski definition) is 3. The molecule has 0 atom stereocenters. The molecule has 1 aromatic heterocycles. The van der Waals surface area contributed by atoms with E-state index in [1.165, 1.54) is 12.4 Å². The summed E-state index contributed by atoms with van der Waals surface area (Å²) in [5.74, 6) is -0.157. The fraction of sp³-hybridized carbons (Fsp3) is 0.0476. The minimum absolute atomic E-state index is 0.0261. The minimum atomic E-state index is -0.407. The predicted molar refractivity (Wildman–Crippen MR) is 112 cm³/mol. The number of thiocarbonyl (C=S) groups is 1. The number of carbonyl (C=O) groups is 2. The monoisotopic (exact) mass is 406 g/mol. The van der Waals surface area contributed by atoms with Gasteiger partial charge < -0.3 is 4.74 Å². The molecule has 0 fully saturated rings. The molecule has 29 heavy (non-hydrogen) atoms. The first kappa shape index (κ1) is 20.0. The van der Waals surface area contributed by atoms with Crippen LogP contribution in [0.2, 0.25) is 0 Å². The second-order valence-corrected chi connectivity index (χ2v) is 6.31. The molecular formula is C21H18N4O3S. The summed E-state index contributed by atoms with van der Waals surface area (Å²) in [5.41, 5.74) is 6.76. The zero-order valence-electron chi connectivity index (χ0n) is 15.3. The van der Waals surface area contributed by atoms with Gasteiger partial charge in [0.25, 0.3) is 11.8 Å². The maximum atomic E-state index is 12.3. The molecule has 2 aromatic carbocycles. The van der Waals surface area contributed by atoms with Crippen LogP contribution in [0.5, 0.6) is 5.75 Å². The molecule has 8 heteroatoms. The number of hydrazine groups is 1. The van der Waals surface area contributed by atoms with Crippen molar-refractivity contribution in [3.8, 4) is 5.75 Å². The molecule has 146 valence electrons. The lowest BCUT2D eigenvalue weighted by Gasteiger charge is -2.11. The molecule has 0 aliphatic carbocycles. The quantitative estimate of drug-likeness (QED) is 0.446. The van der Waals surface area contributed by atoms with Crippen molar-refractivity contribution in [3.63, 3.8) is 0 Å². The molecule has 2 amide bonds. The number of hydrogen-bond acceptors (Lipinski definition) is 5. The van der Waals surface area contributed by atoms with Gasteiger partial charge in [0.1, 0.15) is 12.4 Å². The number of pyridine rings is 1. The number of aromatic nitrogens is 1. The second-order valence-electron chi connectivity index (χ2n) is 5.90. The van der Waals surface area contributed by atoms with Crippen molar-refractivity contribution in [1.29, 1.82) is 0 Å². The van der Waals surface area contributed by atoms with Crippen molar-refractivity contribution in [1.82, 2.24) is 21.2 Å². The molecular weight excluding hydrogens is 388 g/mol. The van der Waals surface area contributed by atoms with E-state index in [1.807, 2.05) is 30.3 Å². The summed E-state index contributed by atoms with van der Waals surface area (Å²) in [6, 6.07) is 19.6. The maximum Gasteiger partial charge on any atom is 0.269 e. The van der Waals surface area contributed by atoms with E-state index < -0.39 is 11.8 Å². The van der Waals surface area contributed by atoms with Crippen molar-refractivity contribution >= 4 is 29.1 Å². The summed E-state index contributed by atoms with van der Waals surface area (Å²) in [6.45, 7) is 0.442. The summed E-state index contributed by atoms with van der Waals surface area (Å²) >= 11 is 5.03. The second kappa shape index (κ2) is 9.95. The molecule has 3 rings (SSSR count). The standard InChI is InChI=1S/C21H18N4O3S/c26-19(23-21(29)25-24-20(27)17-10-12-22-13-11-17)16-6-8-18(9-7-16)28-14-15-4-2-1-3-5-15/h1-13H,14H2,(H,24,27)(H2,23,25,26,29). The largest absolute Gasteiger partial charge is 0.489 e. The van der Waals surface area contributed by atoms with E-state index in [2.05, 4.69) is 21.2 Å². The summed E-state index contributed by atoms with van der Waals surface area (Å²) in [7, 11) is 0. The van der Waals surface area contributed by atoms with Crippen molar-refractivity contribution in [2.45, 2.75) is 6.61 Å². The van der Waals surface area contributed by atoms with Crippen LogP contribution in [0.15, 0.2) is 79.1 Å². The number of amides is 2. The Hall–Kier alpha value is -3.78. The van der Waals surface area contributed by atoms with Gasteiger partial charge in [-0.3, -0.25) is 30.7 Å². The highest BCUT2D eigenvalue weighted by Gasteiger charge is 2.10. The summed E-state index contributed by atoms with van der Waals surface area (Å²) in [5, 5.41) is 2.47. The van der Waals surface area contributed by atoms with E-state index in [1.54, 1.807) is 36.4 Å². The van der Waals surface area contributed by atoms with Crippen LogP contribution in [-0.2, 0) is 6.61 Å². The SMILES string of the molecule is O=C(NNC(=S)NC(=O)c1ccc(OCc2ccccc2)cc1)c1ccncc1. The highest BCUT2D eigenvalue weighted by Crippen LogP contribution is 2.14. The van der Waals surface area contributed by atoms with E-state index in [9.17, 15) is 9.59 Å². The minimum Gasteiger partial charge on any atom is -0.489 e. The van der Waals surface area contributed by atoms with Gasteiger partial charge >= 0.3 is 0 Å². The summed E-state index contributed by atoms with van der Waals surface area (Å²) in [4.78, 5) is 28.0. The van der Waals surface area contributed by atoms with Crippen LogP contribution in [-0.4, -0.2) is 21.9 Å². The Morgan fingerprint density at radius 3 is 2.17 bits per heavy atom. The van der Waals surface area contributed by atoms with Gasteiger partial charge in [-0.15, -0.1) is 0 Å². The third-order valence-electron chi connectivity index (χ3n) is 3.82. The Morgan fingerprint density at radius 1 is 0.828 bits per heavy atom. The van der Waals surface area contributed by atoms with Gasteiger partial charge in [0.05, 0.1) is 0 Å². The number of nitrogens with one attached hydrogen (secondary N) is 3. The first-order valence-corrected chi connectivity index (χ1v) is 9.11. The van der Waals surface area contributed by atoms with Gasteiger partial charge in [0.15, 0.2) is 5.11 Å². The number of ether oxygens (including phenoxy) is 1. The van der Waals surface area contributed by atoms with E-state index >= 15 is 0 Å². The van der Waals surface area contributed by atoms with Gasteiger partial charge in [-0.1, -0.05) is 30.3 Å². The Kier molecular flexibility index (Phi) is 6.85. The normalized spacial score (nSPS) is 9.93. The Balaban J connectivity index is 1.46. The molecule has 0 bridgehead atoms. The zero-order chi connectivity index (χ0) is 20.5. The van der Waals surface area contributed by atoms with Gasteiger partial charge in [0, 0.05) is 23.5 Å². The highest BCUT2D eigenvalue weighted by molar-refractivity contribution is 7.80. The van der Waals surface area contributed by atoms with E-state index in [0.29, 0.717) is 23.5 Å². The molecule has 0 aliphatic heterocycles.